The van der Waals surface area contributed by atoms with Gasteiger partial charge in [-0.15, -0.1) is 10.2 Å². The molecule has 2 aromatic heterocycles. The van der Waals surface area contributed by atoms with Crippen LogP contribution in [-0.2, 0) is 11.3 Å². The number of hydrogen-bond acceptors (Lipinski definition) is 7. The Morgan fingerprint density at radius 3 is 2.76 bits per heavy atom. The van der Waals surface area contributed by atoms with E-state index in [4.69, 9.17) is 4.74 Å². The number of aryl methyl sites for hydroxylation is 1. The van der Waals surface area contributed by atoms with E-state index in [2.05, 4.69) is 19.6 Å². The Balaban J connectivity index is 1.66. The highest BCUT2D eigenvalue weighted by atomic mass is 32.1. The molecular weight excluding hydrogens is 402 g/mol. The van der Waals surface area contributed by atoms with E-state index in [9.17, 15) is 13.6 Å². The number of carbonyl (C=O) groups is 1. The van der Waals surface area contributed by atoms with E-state index >= 15 is 0 Å². The third kappa shape index (κ3) is 3.87. The zero-order chi connectivity index (χ0) is 20.4. The molecule has 3 aromatic rings. The van der Waals surface area contributed by atoms with Crippen molar-refractivity contribution in [3.8, 4) is 10.8 Å². The Morgan fingerprint density at radius 1 is 1.28 bits per heavy atom. The number of hydrogen-bond donors (Lipinski definition) is 0. The summed E-state index contributed by atoms with van der Waals surface area (Å²) in [5.41, 5.74) is 0.371. The summed E-state index contributed by atoms with van der Waals surface area (Å²) in [6.07, 6.45) is 0.351. The normalized spacial score (nSPS) is 16.1. The van der Waals surface area contributed by atoms with Gasteiger partial charge in [-0.3, -0.25) is 4.79 Å². The fourth-order valence-electron chi connectivity index (χ4n) is 3.37. The number of rotatable bonds is 6. The molecule has 8 nitrogen and oxygen atoms in total. The van der Waals surface area contributed by atoms with Crippen molar-refractivity contribution in [2.45, 2.75) is 25.9 Å². The summed E-state index contributed by atoms with van der Waals surface area (Å²) in [6.45, 7) is 1.89. The van der Waals surface area contributed by atoms with Gasteiger partial charge in [-0.1, -0.05) is 0 Å². The molecule has 0 fully saturated rings. The minimum Gasteiger partial charge on any atom is -0.350 e. The van der Waals surface area contributed by atoms with Crippen LogP contribution < -0.4 is 0 Å². The predicted octanol–water partition coefficient (Wildman–Crippen LogP) is 2.77. The molecule has 1 atom stereocenters. The molecule has 0 N–H and O–H groups in total. The average Bonchev–Trinajstić information content (AvgIpc) is 3.34. The quantitative estimate of drug-likeness (QED) is 0.570. The second-order valence-corrected chi connectivity index (χ2v) is 7.26. The Morgan fingerprint density at radius 2 is 2.07 bits per heavy atom. The lowest BCUT2D eigenvalue weighted by Crippen LogP contribution is -2.43. The monoisotopic (exact) mass is 420 g/mol. The molecule has 0 spiro atoms. The lowest BCUT2D eigenvalue weighted by Gasteiger charge is -2.35. The van der Waals surface area contributed by atoms with Crippen LogP contribution in [0.2, 0.25) is 0 Å². The molecule has 0 saturated carbocycles. The van der Waals surface area contributed by atoms with E-state index in [1.54, 1.807) is 11.8 Å². The van der Waals surface area contributed by atoms with Crippen molar-refractivity contribution in [2.24, 2.45) is 0 Å². The van der Waals surface area contributed by atoms with E-state index in [1.807, 2.05) is 4.57 Å². The highest BCUT2D eigenvalue weighted by molar-refractivity contribution is 7.09. The van der Waals surface area contributed by atoms with E-state index < -0.39 is 18.7 Å². The van der Waals surface area contributed by atoms with Crippen LogP contribution in [-0.4, -0.2) is 54.9 Å². The molecule has 4 rings (SSSR count). The molecule has 0 aliphatic carbocycles. The highest BCUT2D eigenvalue weighted by Crippen LogP contribution is 2.32. The van der Waals surface area contributed by atoms with E-state index in [0.29, 0.717) is 47.6 Å². The van der Waals surface area contributed by atoms with Crippen molar-refractivity contribution in [3.63, 3.8) is 0 Å². The third-order valence-electron chi connectivity index (χ3n) is 4.70. The number of benzene rings is 1. The van der Waals surface area contributed by atoms with Crippen LogP contribution in [0, 0.1) is 12.7 Å². The zero-order valence-electron chi connectivity index (χ0n) is 15.6. The first kappa shape index (κ1) is 19.5. The Kier molecular flexibility index (Phi) is 5.58. The van der Waals surface area contributed by atoms with E-state index in [-0.39, 0.29) is 12.5 Å². The maximum absolute atomic E-state index is 13.2. The van der Waals surface area contributed by atoms with E-state index in [1.165, 1.54) is 35.8 Å². The molecule has 1 amide bonds. The number of aromatic nitrogens is 5. The molecule has 3 heterocycles. The fraction of sp³-hybridized carbons (Fsp3) is 0.389. The lowest BCUT2D eigenvalue weighted by atomic mass is 10.1. The van der Waals surface area contributed by atoms with Gasteiger partial charge in [0.05, 0.1) is 12.6 Å². The van der Waals surface area contributed by atoms with Gasteiger partial charge in [0.15, 0.2) is 23.5 Å². The van der Waals surface area contributed by atoms with Crippen molar-refractivity contribution in [3.05, 3.63) is 47.3 Å². The molecule has 1 aromatic carbocycles. The maximum Gasteiger partial charge on any atom is 0.254 e. The van der Waals surface area contributed by atoms with Crippen molar-refractivity contribution < 1.29 is 18.3 Å². The summed E-state index contributed by atoms with van der Waals surface area (Å²) < 4.78 is 36.6. The summed E-state index contributed by atoms with van der Waals surface area (Å²) in [4.78, 5) is 19.1. The average molecular weight is 420 g/mol. The molecule has 0 radical (unpaired) electrons. The van der Waals surface area contributed by atoms with Crippen molar-refractivity contribution in [1.29, 1.82) is 0 Å². The summed E-state index contributed by atoms with van der Waals surface area (Å²) in [5.74, 6) is 1.16. The van der Waals surface area contributed by atoms with Gasteiger partial charge in [0.1, 0.15) is 11.6 Å². The van der Waals surface area contributed by atoms with Gasteiger partial charge in [-0.2, -0.15) is 4.37 Å². The van der Waals surface area contributed by atoms with Gasteiger partial charge >= 0.3 is 0 Å². The predicted molar refractivity (Wildman–Crippen MR) is 100 cm³/mol. The summed E-state index contributed by atoms with van der Waals surface area (Å²) in [6, 6.07) is 4.93. The smallest absolute Gasteiger partial charge is 0.254 e. The van der Waals surface area contributed by atoms with Crippen molar-refractivity contribution >= 4 is 17.4 Å². The molecule has 29 heavy (non-hydrogen) atoms. The second-order valence-electron chi connectivity index (χ2n) is 6.51. The van der Waals surface area contributed by atoms with Crippen LogP contribution >= 0.6 is 11.5 Å². The Hall–Kier alpha value is -2.79. The number of fused-ring (bicyclic) bond motifs is 1. The zero-order valence-corrected chi connectivity index (χ0v) is 16.4. The summed E-state index contributed by atoms with van der Waals surface area (Å²) in [5, 5.41) is 9.20. The second kappa shape index (κ2) is 8.29. The standard InChI is InChI=1S/C18H18F2N6O2S/c1-11-21-17(29-24-11)16-23-22-15-14(6-9-28-10-19)25(7-8-26(15)16)18(27)12-2-4-13(20)5-3-12/h2-5,14H,6-10H2,1H3. The molecule has 1 aliphatic heterocycles. The van der Waals surface area contributed by atoms with Gasteiger partial charge < -0.3 is 14.2 Å². The largest absolute Gasteiger partial charge is 0.350 e. The van der Waals surface area contributed by atoms with Crippen LogP contribution in [0.3, 0.4) is 0 Å². The molecule has 1 unspecified atom stereocenters. The SMILES string of the molecule is Cc1nsc(-c2nnc3n2CCN(C(=O)c2ccc(F)cc2)C3CCOCF)n1. The minimum absolute atomic E-state index is 0.120. The molecule has 0 bridgehead atoms. The van der Waals surface area contributed by atoms with Gasteiger partial charge in [0.2, 0.25) is 0 Å². The van der Waals surface area contributed by atoms with Crippen LogP contribution in [0.1, 0.15) is 34.5 Å². The number of carbonyl (C=O) groups excluding carboxylic acids is 1. The summed E-state index contributed by atoms with van der Waals surface area (Å²) in [7, 11) is 0. The first-order valence-electron chi connectivity index (χ1n) is 9.02. The van der Waals surface area contributed by atoms with E-state index in [0.717, 1.165) is 0 Å². The lowest BCUT2D eigenvalue weighted by molar-refractivity contribution is 0.0317. The van der Waals surface area contributed by atoms with Crippen LogP contribution in [0.5, 0.6) is 0 Å². The number of amides is 1. The topological polar surface area (TPSA) is 86.0 Å². The Labute approximate surface area is 169 Å². The van der Waals surface area contributed by atoms with Crippen LogP contribution in [0.25, 0.3) is 10.8 Å². The number of nitrogens with zero attached hydrogens (tertiary/aromatic N) is 6. The van der Waals surface area contributed by atoms with Gasteiger partial charge in [-0.05, 0) is 49.1 Å². The van der Waals surface area contributed by atoms with Crippen molar-refractivity contribution in [2.75, 3.05) is 20.0 Å². The maximum atomic E-state index is 13.2. The fourth-order valence-corrected chi connectivity index (χ4v) is 4.03. The summed E-state index contributed by atoms with van der Waals surface area (Å²) >= 11 is 1.23. The van der Waals surface area contributed by atoms with Gasteiger partial charge in [-0.25, -0.2) is 13.8 Å². The Bertz CT molecular complexity index is 1010. The third-order valence-corrected chi connectivity index (χ3v) is 5.50. The number of ether oxygens (including phenoxy) is 1. The molecule has 152 valence electrons. The highest BCUT2D eigenvalue weighted by Gasteiger charge is 2.35. The first-order chi connectivity index (χ1) is 14.1. The molecule has 1 aliphatic rings. The molecular formula is C18H18F2N6O2S. The van der Waals surface area contributed by atoms with Crippen LogP contribution in [0.15, 0.2) is 24.3 Å². The van der Waals surface area contributed by atoms with Crippen LogP contribution in [0.4, 0.5) is 8.78 Å². The number of halogens is 2. The van der Waals surface area contributed by atoms with Gasteiger partial charge in [0.25, 0.3) is 5.91 Å². The molecule has 0 saturated heterocycles. The number of alkyl halides is 1. The first-order valence-corrected chi connectivity index (χ1v) is 9.80. The van der Waals surface area contributed by atoms with Gasteiger partial charge in [0, 0.05) is 18.7 Å². The minimum atomic E-state index is -0.902. The molecule has 11 heteroatoms. The van der Waals surface area contributed by atoms with Crippen molar-refractivity contribution in [1.82, 2.24) is 29.0 Å².